The molecule has 0 amide bonds. The van der Waals surface area contributed by atoms with E-state index in [9.17, 15) is 0 Å². The van der Waals surface area contributed by atoms with Crippen molar-refractivity contribution in [2.24, 2.45) is 0 Å². The topological polar surface area (TPSA) is 12.9 Å². The van der Waals surface area contributed by atoms with Crippen LogP contribution in [0.5, 0.6) is 0 Å². The Morgan fingerprint density at radius 1 is 1.36 bits per heavy atom. The maximum absolute atomic E-state index is 4.24. The summed E-state index contributed by atoms with van der Waals surface area (Å²) in [5, 5.41) is 0. The summed E-state index contributed by atoms with van der Waals surface area (Å²) < 4.78 is 0. The summed E-state index contributed by atoms with van der Waals surface area (Å²) in [6.45, 7) is 6.20. The lowest BCUT2D eigenvalue weighted by Gasteiger charge is -2.01. The first-order chi connectivity index (χ1) is 5.25. The molecular weight excluding hydrogens is 134 g/mol. The lowest BCUT2D eigenvalue weighted by molar-refractivity contribution is 1.19. The van der Waals surface area contributed by atoms with Gasteiger partial charge in [-0.15, -0.1) is 0 Å². The predicted octanol–water partition coefficient (Wildman–Crippen LogP) is 2.73. The molecule has 0 aliphatic carbocycles. The van der Waals surface area contributed by atoms with Gasteiger partial charge in [-0.05, 0) is 44.0 Å². The molecule has 0 spiro atoms. The van der Waals surface area contributed by atoms with Crippen LogP contribution in [-0.4, -0.2) is 4.98 Å². The molecule has 1 heteroatoms. The van der Waals surface area contributed by atoms with E-state index >= 15 is 0 Å². The van der Waals surface area contributed by atoms with E-state index in [4.69, 9.17) is 0 Å². The summed E-state index contributed by atoms with van der Waals surface area (Å²) in [6, 6.07) is 2.03. The first-order valence-electron chi connectivity index (χ1n) is 3.80. The molecule has 1 nitrogen and oxygen atoms in total. The standard InChI is InChI=1S/C10H13N/c1-4-5-10-9(3)8(2)6-7-11-10/h4-7H,1-3H3/b5-4+. The van der Waals surface area contributed by atoms with Gasteiger partial charge in [-0.3, -0.25) is 4.98 Å². The molecule has 0 fully saturated rings. The van der Waals surface area contributed by atoms with Crippen molar-refractivity contribution in [2.45, 2.75) is 20.8 Å². The van der Waals surface area contributed by atoms with Crippen LogP contribution in [-0.2, 0) is 0 Å². The second kappa shape index (κ2) is 3.33. The largest absolute Gasteiger partial charge is 0.257 e. The second-order valence-corrected chi connectivity index (χ2v) is 2.64. The maximum Gasteiger partial charge on any atom is 0.0658 e. The average molecular weight is 147 g/mol. The van der Waals surface area contributed by atoms with E-state index in [0.717, 1.165) is 5.69 Å². The molecule has 0 N–H and O–H groups in total. The third kappa shape index (κ3) is 1.67. The van der Waals surface area contributed by atoms with E-state index in [1.807, 2.05) is 31.3 Å². The molecule has 0 atom stereocenters. The molecule has 0 aliphatic rings. The lowest BCUT2D eigenvalue weighted by atomic mass is 10.1. The highest BCUT2D eigenvalue weighted by Crippen LogP contribution is 2.10. The molecule has 11 heavy (non-hydrogen) atoms. The zero-order valence-electron chi connectivity index (χ0n) is 7.26. The smallest absolute Gasteiger partial charge is 0.0658 e. The summed E-state index contributed by atoms with van der Waals surface area (Å²) in [7, 11) is 0. The molecule has 0 unspecified atom stereocenters. The van der Waals surface area contributed by atoms with E-state index < -0.39 is 0 Å². The van der Waals surface area contributed by atoms with Crippen LogP contribution in [0.3, 0.4) is 0 Å². The number of hydrogen-bond acceptors (Lipinski definition) is 1. The van der Waals surface area contributed by atoms with Crippen molar-refractivity contribution in [3.63, 3.8) is 0 Å². The number of aryl methyl sites for hydroxylation is 1. The number of pyridine rings is 1. The van der Waals surface area contributed by atoms with Crippen LogP contribution in [0.15, 0.2) is 18.3 Å². The number of nitrogens with zero attached hydrogens (tertiary/aromatic N) is 1. The molecule has 0 radical (unpaired) electrons. The highest BCUT2D eigenvalue weighted by atomic mass is 14.7. The van der Waals surface area contributed by atoms with E-state index in [2.05, 4.69) is 18.8 Å². The number of hydrogen-bond donors (Lipinski definition) is 0. The van der Waals surface area contributed by atoms with Crippen LogP contribution >= 0.6 is 0 Å². The minimum atomic E-state index is 1.08. The lowest BCUT2D eigenvalue weighted by Crippen LogP contribution is -1.88. The zero-order valence-corrected chi connectivity index (χ0v) is 7.26. The molecule has 0 aliphatic heterocycles. The molecule has 0 aromatic carbocycles. The van der Waals surface area contributed by atoms with Crippen LogP contribution in [0.4, 0.5) is 0 Å². The third-order valence-corrected chi connectivity index (χ3v) is 1.84. The Kier molecular flexibility index (Phi) is 2.42. The molecular formula is C10H13N. The molecule has 58 valence electrons. The van der Waals surface area contributed by atoms with Gasteiger partial charge in [0.15, 0.2) is 0 Å². The fourth-order valence-electron chi connectivity index (χ4n) is 0.979. The number of allylic oxidation sites excluding steroid dienone is 1. The zero-order chi connectivity index (χ0) is 8.27. The van der Waals surface area contributed by atoms with Crippen molar-refractivity contribution in [3.8, 4) is 0 Å². The molecule has 1 rings (SSSR count). The molecule has 1 aromatic rings. The molecule has 0 saturated heterocycles. The Morgan fingerprint density at radius 2 is 2.09 bits per heavy atom. The fraction of sp³-hybridized carbons (Fsp3) is 0.300. The quantitative estimate of drug-likeness (QED) is 0.595. The summed E-state index contributed by atoms with van der Waals surface area (Å²) in [4.78, 5) is 4.24. The molecule has 0 bridgehead atoms. The molecule has 0 saturated carbocycles. The van der Waals surface area contributed by atoms with Crippen molar-refractivity contribution in [1.29, 1.82) is 0 Å². The van der Waals surface area contributed by atoms with Gasteiger partial charge in [0.25, 0.3) is 0 Å². The van der Waals surface area contributed by atoms with Crippen molar-refractivity contribution in [2.75, 3.05) is 0 Å². The van der Waals surface area contributed by atoms with Gasteiger partial charge in [-0.2, -0.15) is 0 Å². The van der Waals surface area contributed by atoms with E-state index in [-0.39, 0.29) is 0 Å². The molecule has 1 heterocycles. The predicted molar refractivity (Wildman–Crippen MR) is 48.4 cm³/mol. The minimum absolute atomic E-state index is 1.08. The van der Waals surface area contributed by atoms with Crippen LogP contribution in [0.1, 0.15) is 23.7 Å². The van der Waals surface area contributed by atoms with Gasteiger partial charge in [-0.25, -0.2) is 0 Å². The van der Waals surface area contributed by atoms with Gasteiger partial charge in [0, 0.05) is 6.20 Å². The Balaban J connectivity index is 3.16. The van der Waals surface area contributed by atoms with Gasteiger partial charge in [0.05, 0.1) is 5.69 Å². The third-order valence-electron chi connectivity index (χ3n) is 1.84. The normalized spacial score (nSPS) is 10.8. The van der Waals surface area contributed by atoms with Gasteiger partial charge in [-0.1, -0.05) is 6.08 Å². The van der Waals surface area contributed by atoms with Gasteiger partial charge in [0.1, 0.15) is 0 Å². The number of rotatable bonds is 1. The average Bonchev–Trinajstić information content (AvgIpc) is 1.99. The Bertz CT molecular complexity index is 274. The van der Waals surface area contributed by atoms with E-state index in [0.29, 0.717) is 0 Å². The maximum atomic E-state index is 4.24. The monoisotopic (exact) mass is 147 g/mol. The Hall–Kier alpha value is -1.11. The summed E-state index contributed by atoms with van der Waals surface area (Å²) in [6.07, 6.45) is 5.88. The van der Waals surface area contributed by atoms with Crippen molar-refractivity contribution in [1.82, 2.24) is 4.98 Å². The van der Waals surface area contributed by atoms with Gasteiger partial charge in [0.2, 0.25) is 0 Å². The first kappa shape index (κ1) is 7.99. The Morgan fingerprint density at radius 3 is 2.73 bits per heavy atom. The Labute approximate surface area is 67.8 Å². The van der Waals surface area contributed by atoms with Crippen LogP contribution in [0.2, 0.25) is 0 Å². The minimum Gasteiger partial charge on any atom is -0.257 e. The highest BCUT2D eigenvalue weighted by molar-refractivity contribution is 5.50. The van der Waals surface area contributed by atoms with Crippen molar-refractivity contribution >= 4 is 6.08 Å². The van der Waals surface area contributed by atoms with E-state index in [1.165, 1.54) is 11.1 Å². The van der Waals surface area contributed by atoms with Gasteiger partial charge < -0.3 is 0 Å². The fourth-order valence-corrected chi connectivity index (χ4v) is 0.979. The SMILES string of the molecule is C/C=C/c1nccc(C)c1C. The van der Waals surface area contributed by atoms with Crippen molar-refractivity contribution < 1.29 is 0 Å². The van der Waals surface area contributed by atoms with E-state index in [1.54, 1.807) is 0 Å². The van der Waals surface area contributed by atoms with Crippen LogP contribution < -0.4 is 0 Å². The summed E-state index contributed by atoms with van der Waals surface area (Å²) in [5.74, 6) is 0. The number of aromatic nitrogens is 1. The molecule has 1 aromatic heterocycles. The van der Waals surface area contributed by atoms with Crippen LogP contribution in [0, 0.1) is 13.8 Å². The van der Waals surface area contributed by atoms with Gasteiger partial charge >= 0.3 is 0 Å². The first-order valence-corrected chi connectivity index (χ1v) is 3.80. The second-order valence-electron chi connectivity index (χ2n) is 2.64. The highest BCUT2D eigenvalue weighted by Gasteiger charge is 1.96. The van der Waals surface area contributed by atoms with Crippen molar-refractivity contribution in [3.05, 3.63) is 35.2 Å². The summed E-state index contributed by atoms with van der Waals surface area (Å²) in [5.41, 5.74) is 3.64. The summed E-state index contributed by atoms with van der Waals surface area (Å²) >= 11 is 0. The van der Waals surface area contributed by atoms with Crippen LogP contribution in [0.25, 0.3) is 6.08 Å².